The Bertz CT molecular complexity index is 1640. The van der Waals surface area contributed by atoms with Crippen LogP contribution in [0.3, 0.4) is 0 Å². The molecule has 2 saturated heterocycles. The molecule has 2 atom stereocenters. The maximum Gasteiger partial charge on any atom is 0.282 e. The first kappa shape index (κ1) is 31.3. The van der Waals surface area contributed by atoms with E-state index in [0.717, 1.165) is 15.3 Å². The van der Waals surface area contributed by atoms with Gasteiger partial charge in [0, 0.05) is 18.7 Å². The van der Waals surface area contributed by atoms with Crippen molar-refractivity contribution in [2.75, 3.05) is 31.1 Å². The quantitative estimate of drug-likeness (QED) is 0.241. The summed E-state index contributed by atoms with van der Waals surface area (Å²) in [7, 11) is -3.03. The molecule has 0 saturated carbocycles. The molecule has 0 N–H and O–H groups in total. The number of hydrogen-bond acceptors (Lipinski definition) is 6. The van der Waals surface area contributed by atoms with Crippen LogP contribution in [0.2, 0.25) is 5.04 Å². The summed E-state index contributed by atoms with van der Waals surface area (Å²) in [5.74, 6) is -4.35. The van der Waals surface area contributed by atoms with Gasteiger partial charge in [0.15, 0.2) is 11.5 Å². The summed E-state index contributed by atoms with van der Waals surface area (Å²) in [6, 6.07) is 21.9. The smallest absolute Gasteiger partial charge is 0.282 e. The van der Waals surface area contributed by atoms with E-state index < -0.39 is 39.1 Å². The van der Waals surface area contributed by atoms with Crippen LogP contribution in [0.4, 0.5) is 18.9 Å². The van der Waals surface area contributed by atoms with E-state index in [0.29, 0.717) is 24.3 Å². The summed E-state index contributed by atoms with van der Waals surface area (Å²) in [4.78, 5) is 16.1. The third-order valence-corrected chi connectivity index (χ3v) is 13.7. The van der Waals surface area contributed by atoms with Gasteiger partial charge in [0.1, 0.15) is 0 Å². The summed E-state index contributed by atoms with van der Waals surface area (Å²) in [6.07, 6.45) is -0.316. The molecule has 3 aromatic carbocycles. The Kier molecular flexibility index (Phi) is 8.07. The van der Waals surface area contributed by atoms with E-state index in [2.05, 4.69) is 50.2 Å². The Balaban J connectivity index is 1.49. The van der Waals surface area contributed by atoms with Crippen LogP contribution in [0, 0.1) is 5.82 Å². The maximum atomic E-state index is 16.7. The van der Waals surface area contributed by atoms with E-state index in [-0.39, 0.29) is 40.5 Å². The molecule has 0 spiro atoms. The molecule has 1 amide bonds. The van der Waals surface area contributed by atoms with Crippen LogP contribution in [0.15, 0.2) is 71.3 Å². The van der Waals surface area contributed by atoms with Crippen LogP contribution < -0.4 is 15.3 Å². The van der Waals surface area contributed by atoms with Crippen LogP contribution in [0.5, 0.6) is 0 Å². The third kappa shape index (κ3) is 5.66. The Morgan fingerprint density at radius 1 is 1.00 bits per heavy atom. The van der Waals surface area contributed by atoms with Crippen molar-refractivity contribution in [2.45, 2.75) is 64.4 Å². The van der Waals surface area contributed by atoms with E-state index in [1.807, 2.05) is 55.1 Å². The second kappa shape index (κ2) is 11.6. The molecule has 11 heteroatoms. The van der Waals surface area contributed by atoms with Gasteiger partial charge in [0.05, 0.1) is 43.0 Å². The van der Waals surface area contributed by atoms with Crippen LogP contribution in [-0.2, 0) is 15.8 Å². The second-order valence-corrected chi connectivity index (χ2v) is 17.5. The van der Waals surface area contributed by atoms with Crippen molar-refractivity contribution in [3.8, 4) is 0 Å². The number of halogens is 3. The lowest BCUT2D eigenvalue weighted by Crippen LogP contribution is -2.66. The highest BCUT2D eigenvalue weighted by molar-refractivity contribution is 6.99. The lowest BCUT2D eigenvalue weighted by molar-refractivity contribution is -0.113. The van der Waals surface area contributed by atoms with Gasteiger partial charge < -0.3 is 23.5 Å². The minimum atomic E-state index is -3.03. The number of amides is 1. The molecule has 1 aromatic heterocycles. The summed E-state index contributed by atoms with van der Waals surface area (Å²) >= 11 is 0. The first-order valence-electron chi connectivity index (χ1n) is 15.2. The number of rotatable bonds is 7. The minimum Gasteiger partial charge on any atom is -0.403 e. The molecule has 3 heterocycles. The fraction of sp³-hybridized carbons (Fsp3) is 0.412. The Labute approximate surface area is 262 Å². The number of alkyl halides is 2. The van der Waals surface area contributed by atoms with Crippen LogP contribution >= 0.6 is 0 Å². The number of carbonyl (C=O) groups excluding carboxylic acids is 1. The number of nitrogens with zero attached hydrogens (tertiary/aromatic N) is 3. The number of likely N-dealkylation sites (tertiary alicyclic amines) is 1. The Morgan fingerprint density at radius 3 is 2.07 bits per heavy atom. The molecule has 45 heavy (non-hydrogen) atoms. The third-order valence-electron chi connectivity index (χ3n) is 8.69. The lowest BCUT2D eigenvalue weighted by Gasteiger charge is -2.43. The van der Waals surface area contributed by atoms with Gasteiger partial charge >= 0.3 is 0 Å². The van der Waals surface area contributed by atoms with E-state index in [1.54, 1.807) is 6.07 Å². The van der Waals surface area contributed by atoms with E-state index in [1.165, 1.54) is 0 Å². The number of aromatic nitrogens is 1. The highest BCUT2D eigenvalue weighted by atomic mass is 28.4. The van der Waals surface area contributed by atoms with Gasteiger partial charge in [-0.3, -0.25) is 4.79 Å². The van der Waals surface area contributed by atoms with Crippen molar-refractivity contribution in [1.29, 1.82) is 0 Å². The van der Waals surface area contributed by atoms with Crippen molar-refractivity contribution in [1.82, 2.24) is 10.1 Å². The van der Waals surface area contributed by atoms with Crippen molar-refractivity contribution in [3.63, 3.8) is 0 Å². The number of carbonyl (C=O) groups is 1. The largest absolute Gasteiger partial charge is 0.403 e. The summed E-state index contributed by atoms with van der Waals surface area (Å²) in [5, 5.41) is 5.82. The minimum absolute atomic E-state index is 0.0240. The average molecular weight is 638 g/mol. The molecule has 238 valence electrons. The number of ether oxygens (including phenoxy) is 1. The fourth-order valence-corrected chi connectivity index (χ4v) is 11.3. The van der Waals surface area contributed by atoms with Crippen molar-refractivity contribution in [3.05, 3.63) is 83.8 Å². The maximum absolute atomic E-state index is 16.7. The number of hydrogen-bond donors (Lipinski definition) is 0. The first-order valence-corrected chi connectivity index (χ1v) is 17.1. The van der Waals surface area contributed by atoms with Gasteiger partial charge in [-0.15, -0.1) is 0 Å². The van der Waals surface area contributed by atoms with Crippen molar-refractivity contribution < 1.29 is 31.7 Å². The predicted molar refractivity (Wildman–Crippen MR) is 169 cm³/mol. The SMILES string of the molecule is CC1CN(c2c(CO[Si](c3ccccc3)(c3ccccc3)C(C)(C)C)cc3c(C(=O)N4CC(F)(F)C4)noc3c2F)CC(C)O1. The standard InChI is InChI=1S/C34H38F3N3O4Si/c1-22-17-39(18-23(2)43-22)30-24(16-27-29(38-44-31(27)28(30)35)32(41)40-20-34(36,37)21-40)19-42-45(33(3,4)5,25-12-8-6-9-13-25)26-14-10-7-11-15-26/h6-16,22-23H,17-21H2,1-5H3. The number of anilines is 1. The van der Waals surface area contributed by atoms with Gasteiger partial charge in [0.2, 0.25) is 5.58 Å². The average Bonchev–Trinajstić information content (AvgIpc) is 3.40. The zero-order valence-corrected chi connectivity index (χ0v) is 27.1. The van der Waals surface area contributed by atoms with Gasteiger partial charge in [-0.1, -0.05) is 86.6 Å². The van der Waals surface area contributed by atoms with Gasteiger partial charge in [-0.2, -0.15) is 0 Å². The van der Waals surface area contributed by atoms with Crippen LogP contribution in [0.25, 0.3) is 11.0 Å². The molecule has 0 bridgehead atoms. The van der Waals surface area contributed by atoms with Crippen LogP contribution in [-0.4, -0.2) is 68.6 Å². The van der Waals surface area contributed by atoms with E-state index in [9.17, 15) is 13.6 Å². The Hall–Kier alpha value is -3.67. The van der Waals surface area contributed by atoms with Gasteiger partial charge in [-0.25, -0.2) is 13.2 Å². The molecular formula is C34H38F3N3O4Si. The summed E-state index contributed by atoms with van der Waals surface area (Å²) in [5.41, 5.74) is 0.427. The number of fused-ring (bicyclic) bond motifs is 1. The molecule has 2 unspecified atom stereocenters. The zero-order chi connectivity index (χ0) is 32.1. The zero-order valence-electron chi connectivity index (χ0n) is 26.1. The molecule has 4 aromatic rings. The topological polar surface area (TPSA) is 68.0 Å². The first-order chi connectivity index (χ1) is 21.3. The molecule has 0 aliphatic carbocycles. The molecule has 0 radical (unpaired) electrons. The summed E-state index contributed by atoms with van der Waals surface area (Å²) in [6.45, 7) is 9.82. The van der Waals surface area contributed by atoms with Crippen molar-refractivity contribution >= 4 is 41.3 Å². The van der Waals surface area contributed by atoms with Crippen LogP contribution in [0.1, 0.15) is 50.7 Å². The molecular weight excluding hydrogens is 599 g/mol. The van der Waals surface area contributed by atoms with Gasteiger partial charge in [0.25, 0.3) is 20.1 Å². The van der Waals surface area contributed by atoms with Gasteiger partial charge in [-0.05, 0) is 35.3 Å². The number of morpholine rings is 1. The highest BCUT2D eigenvalue weighted by Gasteiger charge is 2.51. The van der Waals surface area contributed by atoms with E-state index >= 15 is 4.39 Å². The molecule has 7 nitrogen and oxygen atoms in total. The predicted octanol–water partition coefficient (Wildman–Crippen LogP) is 5.75. The van der Waals surface area contributed by atoms with E-state index in [4.69, 9.17) is 13.7 Å². The molecule has 6 rings (SSSR count). The fourth-order valence-electron chi connectivity index (χ4n) is 6.80. The van der Waals surface area contributed by atoms with Crippen molar-refractivity contribution in [2.24, 2.45) is 0 Å². The molecule has 2 aliphatic rings. The Morgan fingerprint density at radius 2 is 1.56 bits per heavy atom. The highest BCUT2D eigenvalue weighted by Crippen LogP contribution is 2.40. The lowest BCUT2D eigenvalue weighted by atomic mass is 10.0. The summed E-state index contributed by atoms with van der Waals surface area (Å²) < 4.78 is 62.4. The normalized spacial score (nSPS) is 20.4. The monoisotopic (exact) mass is 637 g/mol. The molecule has 2 fully saturated rings. The second-order valence-electron chi connectivity index (χ2n) is 13.2. The number of benzene rings is 3. The molecule has 2 aliphatic heterocycles.